The Labute approximate surface area is 117 Å². The SMILES string of the molecule is CCOC(=O)c1n[nH]c(Br)c1-c1ncccc1Cl. The number of carbonyl (C=O) groups excluding carboxylic acids is 1. The molecule has 2 heterocycles. The summed E-state index contributed by atoms with van der Waals surface area (Å²) in [6.45, 7) is 2.01. The van der Waals surface area contributed by atoms with Crippen LogP contribution in [0.25, 0.3) is 11.3 Å². The zero-order valence-electron chi connectivity index (χ0n) is 9.41. The molecule has 7 heteroatoms. The molecule has 0 spiro atoms. The van der Waals surface area contributed by atoms with Crippen LogP contribution >= 0.6 is 27.5 Å². The third-order valence-corrected chi connectivity index (χ3v) is 3.07. The Hall–Kier alpha value is -1.40. The van der Waals surface area contributed by atoms with Crippen LogP contribution in [0.4, 0.5) is 0 Å². The number of aromatic nitrogens is 3. The van der Waals surface area contributed by atoms with Gasteiger partial charge in [0.1, 0.15) is 4.60 Å². The summed E-state index contributed by atoms with van der Waals surface area (Å²) in [5.74, 6) is -0.517. The number of hydrogen-bond donors (Lipinski definition) is 1. The van der Waals surface area contributed by atoms with Gasteiger partial charge in [0.05, 0.1) is 22.9 Å². The van der Waals surface area contributed by atoms with Crippen LogP contribution in [-0.2, 0) is 4.74 Å². The number of aromatic amines is 1. The lowest BCUT2D eigenvalue weighted by Crippen LogP contribution is -2.07. The van der Waals surface area contributed by atoms with Crippen molar-refractivity contribution in [1.82, 2.24) is 15.2 Å². The number of esters is 1. The van der Waals surface area contributed by atoms with Crippen molar-refractivity contribution in [3.8, 4) is 11.3 Å². The van der Waals surface area contributed by atoms with Gasteiger partial charge in [-0.3, -0.25) is 10.1 Å². The van der Waals surface area contributed by atoms with E-state index < -0.39 is 5.97 Å². The molecule has 0 saturated carbocycles. The van der Waals surface area contributed by atoms with Gasteiger partial charge in [-0.25, -0.2) is 4.79 Å². The van der Waals surface area contributed by atoms with Gasteiger partial charge in [0.2, 0.25) is 0 Å². The van der Waals surface area contributed by atoms with Crippen LogP contribution < -0.4 is 0 Å². The zero-order chi connectivity index (χ0) is 13.1. The first-order valence-corrected chi connectivity index (χ1v) is 6.34. The fourth-order valence-electron chi connectivity index (χ4n) is 1.45. The highest BCUT2D eigenvalue weighted by Gasteiger charge is 2.23. The average Bonchev–Trinajstić information content (AvgIpc) is 2.72. The van der Waals surface area contributed by atoms with Crippen molar-refractivity contribution in [3.05, 3.63) is 33.6 Å². The van der Waals surface area contributed by atoms with Gasteiger partial charge < -0.3 is 4.74 Å². The highest BCUT2D eigenvalue weighted by molar-refractivity contribution is 9.10. The molecule has 5 nitrogen and oxygen atoms in total. The normalized spacial score (nSPS) is 10.4. The van der Waals surface area contributed by atoms with Crippen LogP contribution in [0.5, 0.6) is 0 Å². The Bertz CT molecular complexity index is 585. The minimum Gasteiger partial charge on any atom is -0.461 e. The Balaban J connectivity index is 2.54. The molecular weight excluding hydrogens is 321 g/mol. The molecule has 0 bridgehead atoms. The van der Waals surface area contributed by atoms with Gasteiger partial charge in [0.15, 0.2) is 5.69 Å². The molecular formula is C11H9BrClN3O2. The minimum absolute atomic E-state index is 0.157. The molecule has 0 aliphatic heterocycles. The Morgan fingerprint density at radius 3 is 3.06 bits per heavy atom. The summed E-state index contributed by atoms with van der Waals surface area (Å²) in [7, 11) is 0. The fourth-order valence-corrected chi connectivity index (χ4v) is 2.13. The number of hydrogen-bond acceptors (Lipinski definition) is 4. The summed E-state index contributed by atoms with van der Waals surface area (Å²) < 4.78 is 5.46. The minimum atomic E-state index is -0.517. The number of carbonyl (C=O) groups is 1. The second-order valence-electron chi connectivity index (χ2n) is 3.32. The molecule has 0 aromatic carbocycles. The molecule has 2 aromatic heterocycles. The van der Waals surface area contributed by atoms with E-state index in [2.05, 4.69) is 31.1 Å². The van der Waals surface area contributed by atoms with E-state index in [9.17, 15) is 4.79 Å². The summed E-state index contributed by atoms with van der Waals surface area (Å²) in [5.41, 5.74) is 1.13. The summed E-state index contributed by atoms with van der Waals surface area (Å²) in [6.07, 6.45) is 1.59. The number of ether oxygens (including phenoxy) is 1. The molecule has 0 unspecified atom stereocenters. The van der Waals surface area contributed by atoms with Gasteiger partial charge in [-0.1, -0.05) is 11.6 Å². The second kappa shape index (κ2) is 5.49. The van der Waals surface area contributed by atoms with Crippen LogP contribution in [0.15, 0.2) is 22.9 Å². The predicted octanol–water partition coefficient (Wildman–Crippen LogP) is 3.06. The van der Waals surface area contributed by atoms with E-state index in [0.29, 0.717) is 20.9 Å². The number of H-pyrrole nitrogens is 1. The smallest absolute Gasteiger partial charge is 0.359 e. The van der Waals surface area contributed by atoms with Gasteiger partial charge in [0.25, 0.3) is 0 Å². The first kappa shape index (κ1) is 13.0. The van der Waals surface area contributed by atoms with Gasteiger partial charge in [-0.05, 0) is 35.0 Å². The van der Waals surface area contributed by atoms with Crippen molar-refractivity contribution in [2.24, 2.45) is 0 Å². The topological polar surface area (TPSA) is 67.9 Å². The van der Waals surface area contributed by atoms with Crippen molar-refractivity contribution in [1.29, 1.82) is 0 Å². The number of nitrogens with one attached hydrogen (secondary N) is 1. The van der Waals surface area contributed by atoms with E-state index in [-0.39, 0.29) is 12.3 Å². The average molecular weight is 331 g/mol. The zero-order valence-corrected chi connectivity index (χ0v) is 11.7. The maximum absolute atomic E-state index is 11.8. The molecule has 2 aromatic rings. The third kappa shape index (κ3) is 2.39. The first-order chi connectivity index (χ1) is 8.65. The molecule has 0 amide bonds. The van der Waals surface area contributed by atoms with Crippen molar-refractivity contribution in [2.75, 3.05) is 6.61 Å². The van der Waals surface area contributed by atoms with Crippen molar-refractivity contribution in [3.63, 3.8) is 0 Å². The van der Waals surface area contributed by atoms with Crippen LogP contribution in [0, 0.1) is 0 Å². The van der Waals surface area contributed by atoms with Gasteiger partial charge >= 0.3 is 5.97 Å². The van der Waals surface area contributed by atoms with Crippen molar-refractivity contribution >= 4 is 33.5 Å². The van der Waals surface area contributed by atoms with Gasteiger partial charge in [-0.2, -0.15) is 5.10 Å². The maximum Gasteiger partial charge on any atom is 0.359 e. The van der Waals surface area contributed by atoms with E-state index >= 15 is 0 Å². The fraction of sp³-hybridized carbons (Fsp3) is 0.182. The molecule has 1 N–H and O–H groups in total. The predicted molar refractivity (Wildman–Crippen MR) is 70.5 cm³/mol. The van der Waals surface area contributed by atoms with E-state index in [0.717, 1.165) is 0 Å². The summed E-state index contributed by atoms with van der Waals surface area (Å²) in [5, 5.41) is 7.01. The highest BCUT2D eigenvalue weighted by Crippen LogP contribution is 2.33. The van der Waals surface area contributed by atoms with Crippen LogP contribution in [-0.4, -0.2) is 27.8 Å². The lowest BCUT2D eigenvalue weighted by Gasteiger charge is -2.04. The Morgan fingerprint density at radius 1 is 1.61 bits per heavy atom. The van der Waals surface area contributed by atoms with Crippen LogP contribution in [0.2, 0.25) is 5.02 Å². The number of halogens is 2. The standard InChI is InChI=1S/C11H9BrClN3O2/c1-2-18-11(17)9-7(10(12)16-15-9)8-6(13)4-3-5-14-8/h3-5H,2H2,1H3,(H,15,16). The summed E-state index contributed by atoms with van der Waals surface area (Å²) in [6, 6.07) is 3.40. The molecule has 0 aliphatic rings. The van der Waals surface area contributed by atoms with E-state index in [1.165, 1.54) is 0 Å². The molecule has 0 aliphatic carbocycles. The maximum atomic E-state index is 11.8. The molecule has 0 saturated heterocycles. The third-order valence-electron chi connectivity index (χ3n) is 2.19. The Morgan fingerprint density at radius 2 is 2.39 bits per heavy atom. The van der Waals surface area contributed by atoms with E-state index in [4.69, 9.17) is 16.3 Å². The quantitative estimate of drug-likeness (QED) is 0.878. The van der Waals surface area contributed by atoms with Crippen molar-refractivity contribution in [2.45, 2.75) is 6.92 Å². The number of rotatable bonds is 3. The number of pyridine rings is 1. The molecule has 2 rings (SSSR count). The lowest BCUT2D eigenvalue weighted by molar-refractivity contribution is 0.0520. The van der Waals surface area contributed by atoms with E-state index in [1.807, 2.05) is 0 Å². The van der Waals surface area contributed by atoms with Gasteiger partial charge in [0, 0.05) is 6.20 Å². The van der Waals surface area contributed by atoms with Crippen LogP contribution in [0.1, 0.15) is 17.4 Å². The number of nitrogens with zero attached hydrogens (tertiary/aromatic N) is 2. The monoisotopic (exact) mass is 329 g/mol. The molecule has 18 heavy (non-hydrogen) atoms. The largest absolute Gasteiger partial charge is 0.461 e. The van der Waals surface area contributed by atoms with E-state index in [1.54, 1.807) is 25.3 Å². The summed E-state index contributed by atoms with van der Waals surface area (Å²) in [4.78, 5) is 15.9. The van der Waals surface area contributed by atoms with Crippen LogP contribution in [0.3, 0.4) is 0 Å². The lowest BCUT2D eigenvalue weighted by atomic mass is 10.1. The molecule has 0 radical (unpaired) electrons. The molecule has 94 valence electrons. The second-order valence-corrected chi connectivity index (χ2v) is 4.52. The van der Waals surface area contributed by atoms with Gasteiger partial charge in [-0.15, -0.1) is 0 Å². The first-order valence-electron chi connectivity index (χ1n) is 5.17. The molecule has 0 atom stereocenters. The van der Waals surface area contributed by atoms with Crippen molar-refractivity contribution < 1.29 is 9.53 Å². The Kier molecular flexibility index (Phi) is 3.98. The highest BCUT2D eigenvalue weighted by atomic mass is 79.9. The summed E-state index contributed by atoms with van der Waals surface area (Å²) >= 11 is 9.35. The molecule has 0 fully saturated rings.